The van der Waals surface area contributed by atoms with Crippen LogP contribution in [0, 0.1) is 5.92 Å². The summed E-state index contributed by atoms with van der Waals surface area (Å²) in [5.41, 5.74) is -3.60. The second-order valence-corrected chi connectivity index (χ2v) is 3.55. The minimum absolute atomic E-state index is 0.505. The highest BCUT2D eigenvalue weighted by molar-refractivity contribution is 5.28. The molecule has 72 valence electrons. The van der Waals surface area contributed by atoms with Crippen LogP contribution in [-0.2, 0) is 0 Å². The lowest BCUT2D eigenvalue weighted by Crippen LogP contribution is -2.16. The molecule has 0 radical (unpaired) electrons. The average molecular weight is 188 g/mol. The maximum absolute atomic E-state index is 12.8. The van der Waals surface area contributed by atoms with Crippen molar-refractivity contribution < 1.29 is 22.0 Å². The summed E-state index contributed by atoms with van der Waals surface area (Å²) >= 11 is 0. The molecule has 0 N–H and O–H groups in total. The maximum atomic E-state index is 12.8. The van der Waals surface area contributed by atoms with Crippen LogP contribution in [0.25, 0.3) is 0 Å². The van der Waals surface area contributed by atoms with Gasteiger partial charge in [0.25, 0.3) is 0 Å². The fraction of sp³-hybridized carbons (Fsp3) is 1.00. The summed E-state index contributed by atoms with van der Waals surface area (Å²) in [6.07, 6.45) is -0.799. The number of rotatable bonds is 2. The summed E-state index contributed by atoms with van der Waals surface area (Å²) < 4.78 is 61.6. The van der Waals surface area contributed by atoms with E-state index in [4.69, 9.17) is 0 Å². The molecule has 5 heteroatoms. The van der Waals surface area contributed by atoms with Gasteiger partial charge in [0.15, 0.2) is 0 Å². The second kappa shape index (κ2) is 2.12. The Hall–Kier alpha value is -0.350. The number of hydrogen-bond acceptors (Lipinski definition) is 0. The minimum atomic E-state index is -4.47. The molecule has 1 rings (SSSR count). The van der Waals surface area contributed by atoms with Gasteiger partial charge in [0.2, 0.25) is 5.67 Å². The largest absolute Gasteiger partial charge is 0.353 e. The predicted octanol–water partition coefficient (Wildman–Crippen LogP) is 3.03. The third-order valence-corrected chi connectivity index (χ3v) is 2.02. The van der Waals surface area contributed by atoms with Crippen LogP contribution < -0.4 is 0 Å². The van der Waals surface area contributed by atoms with Gasteiger partial charge >= 0.3 is 11.8 Å². The van der Waals surface area contributed by atoms with Crippen LogP contribution in [0.5, 0.6) is 0 Å². The Kier molecular flexibility index (Phi) is 1.72. The minimum Gasteiger partial charge on any atom is -0.230 e. The molecule has 1 saturated carbocycles. The molecule has 0 amide bonds. The summed E-state index contributed by atoms with van der Waals surface area (Å²) in [4.78, 5) is 0. The molecule has 0 aromatic rings. The number of halogens is 5. The first-order valence-electron chi connectivity index (χ1n) is 3.61. The van der Waals surface area contributed by atoms with E-state index in [-0.39, 0.29) is 0 Å². The fourth-order valence-corrected chi connectivity index (χ4v) is 1.26. The van der Waals surface area contributed by atoms with E-state index in [9.17, 15) is 22.0 Å². The van der Waals surface area contributed by atoms with Crippen molar-refractivity contribution in [1.82, 2.24) is 0 Å². The van der Waals surface area contributed by atoms with Crippen LogP contribution in [0.1, 0.15) is 20.3 Å². The van der Waals surface area contributed by atoms with Crippen LogP contribution in [-0.4, -0.2) is 17.5 Å². The molecule has 1 aliphatic carbocycles. The molecule has 0 bridgehead atoms. The zero-order chi connectivity index (χ0) is 9.78. The highest BCUT2D eigenvalue weighted by Crippen LogP contribution is 2.70. The smallest absolute Gasteiger partial charge is 0.230 e. The molecule has 1 aliphatic rings. The molecule has 0 aliphatic heterocycles. The molecule has 0 saturated heterocycles. The van der Waals surface area contributed by atoms with E-state index in [0.717, 1.165) is 0 Å². The molecule has 12 heavy (non-hydrogen) atoms. The van der Waals surface area contributed by atoms with E-state index in [1.807, 2.05) is 0 Å². The van der Waals surface area contributed by atoms with Crippen LogP contribution in [0.4, 0.5) is 22.0 Å². The monoisotopic (exact) mass is 188 g/mol. The molecule has 0 spiro atoms. The lowest BCUT2D eigenvalue weighted by molar-refractivity contribution is -0.0278. The van der Waals surface area contributed by atoms with Gasteiger partial charge in [0.05, 0.1) is 0 Å². The van der Waals surface area contributed by atoms with Gasteiger partial charge in [0, 0.05) is 0 Å². The van der Waals surface area contributed by atoms with Crippen molar-refractivity contribution in [2.45, 2.75) is 37.8 Å². The third-order valence-electron chi connectivity index (χ3n) is 2.02. The zero-order valence-corrected chi connectivity index (χ0v) is 6.67. The van der Waals surface area contributed by atoms with Crippen molar-refractivity contribution >= 4 is 0 Å². The molecule has 0 nitrogen and oxygen atoms in total. The Balaban J connectivity index is 2.78. The van der Waals surface area contributed by atoms with Crippen LogP contribution >= 0.6 is 0 Å². The van der Waals surface area contributed by atoms with Crippen molar-refractivity contribution in [3.05, 3.63) is 0 Å². The lowest BCUT2D eigenvalue weighted by atomic mass is 10.1. The highest BCUT2D eigenvalue weighted by atomic mass is 19.3. The van der Waals surface area contributed by atoms with Gasteiger partial charge in [-0.1, -0.05) is 13.8 Å². The van der Waals surface area contributed by atoms with Crippen molar-refractivity contribution in [3.8, 4) is 0 Å². The third kappa shape index (κ3) is 0.821. The van der Waals surface area contributed by atoms with Gasteiger partial charge in [-0.2, -0.15) is 17.6 Å². The Bertz CT molecular complexity index is 182. The topological polar surface area (TPSA) is 0 Å². The molecule has 1 fully saturated rings. The van der Waals surface area contributed by atoms with Gasteiger partial charge in [-0.3, -0.25) is 0 Å². The van der Waals surface area contributed by atoms with E-state index in [2.05, 4.69) is 0 Å². The van der Waals surface area contributed by atoms with Crippen LogP contribution in [0.15, 0.2) is 0 Å². The van der Waals surface area contributed by atoms with Gasteiger partial charge in [-0.05, 0) is 12.3 Å². The predicted molar refractivity (Wildman–Crippen MR) is 33.2 cm³/mol. The Morgan fingerprint density at radius 2 is 1.25 bits per heavy atom. The summed E-state index contributed by atoms with van der Waals surface area (Å²) in [7, 11) is 0. The zero-order valence-electron chi connectivity index (χ0n) is 6.67. The summed E-state index contributed by atoms with van der Waals surface area (Å²) in [5.74, 6) is -9.44. The van der Waals surface area contributed by atoms with Gasteiger partial charge in [0.1, 0.15) is 0 Å². The summed E-state index contributed by atoms with van der Waals surface area (Å²) in [6.45, 7) is 2.84. The van der Waals surface area contributed by atoms with Crippen molar-refractivity contribution in [1.29, 1.82) is 0 Å². The fourth-order valence-electron chi connectivity index (χ4n) is 1.26. The van der Waals surface area contributed by atoms with Gasteiger partial charge in [-0.25, -0.2) is 4.39 Å². The molecule has 0 aromatic carbocycles. The summed E-state index contributed by atoms with van der Waals surface area (Å²) in [5, 5.41) is 0. The SMILES string of the molecule is CC(C)CC1(F)C(F)(F)C1(F)F. The Morgan fingerprint density at radius 1 is 0.917 bits per heavy atom. The quantitative estimate of drug-likeness (QED) is 0.584. The average Bonchev–Trinajstić information content (AvgIpc) is 2.08. The first-order chi connectivity index (χ1) is 5.17. The van der Waals surface area contributed by atoms with Crippen molar-refractivity contribution in [2.75, 3.05) is 0 Å². The van der Waals surface area contributed by atoms with Crippen molar-refractivity contribution in [3.63, 3.8) is 0 Å². The summed E-state index contributed by atoms with van der Waals surface area (Å²) in [6, 6.07) is 0. The van der Waals surface area contributed by atoms with E-state index >= 15 is 0 Å². The van der Waals surface area contributed by atoms with Gasteiger partial charge in [-0.15, -0.1) is 0 Å². The van der Waals surface area contributed by atoms with Crippen LogP contribution in [0.3, 0.4) is 0 Å². The molecule has 0 heterocycles. The number of hydrogen-bond donors (Lipinski definition) is 0. The Morgan fingerprint density at radius 3 is 1.33 bits per heavy atom. The molecular weight excluding hydrogens is 179 g/mol. The van der Waals surface area contributed by atoms with E-state index < -0.39 is 29.9 Å². The molecular formula is C7H9F5. The number of alkyl halides is 5. The van der Waals surface area contributed by atoms with E-state index in [1.165, 1.54) is 13.8 Å². The molecule has 0 atom stereocenters. The lowest BCUT2D eigenvalue weighted by Gasteiger charge is -2.07. The maximum Gasteiger partial charge on any atom is 0.353 e. The van der Waals surface area contributed by atoms with E-state index in [1.54, 1.807) is 0 Å². The standard InChI is InChI=1S/C7H9F5/c1-4(2)3-5(8)6(9,10)7(5,11)12/h4H,3H2,1-2H3. The first kappa shape index (κ1) is 9.74. The van der Waals surface area contributed by atoms with E-state index in [0.29, 0.717) is 0 Å². The molecule has 0 unspecified atom stereocenters. The first-order valence-corrected chi connectivity index (χ1v) is 3.61. The van der Waals surface area contributed by atoms with Crippen LogP contribution in [0.2, 0.25) is 0 Å². The Labute approximate surface area is 66.8 Å². The highest BCUT2D eigenvalue weighted by Gasteiger charge is 2.98. The molecule has 0 aromatic heterocycles. The second-order valence-electron chi connectivity index (χ2n) is 3.55. The van der Waals surface area contributed by atoms with Gasteiger partial charge < -0.3 is 0 Å². The van der Waals surface area contributed by atoms with Crippen molar-refractivity contribution in [2.24, 2.45) is 5.92 Å². The normalized spacial score (nSPS) is 29.0.